The van der Waals surface area contributed by atoms with E-state index in [4.69, 9.17) is 0 Å². The van der Waals surface area contributed by atoms with E-state index >= 15 is 0 Å². The molecule has 1 aliphatic heterocycles. The second kappa shape index (κ2) is 10.3. The molecule has 3 amide bonds. The van der Waals surface area contributed by atoms with Crippen molar-refractivity contribution in [3.8, 4) is 0 Å². The van der Waals surface area contributed by atoms with Gasteiger partial charge in [-0.1, -0.05) is 18.2 Å². The molecule has 0 spiro atoms. The normalized spacial score (nSPS) is 13.5. The van der Waals surface area contributed by atoms with Gasteiger partial charge in [-0.15, -0.1) is 0 Å². The van der Waals surface area contributed by atoms with Crippen molar-refractivity contribution in [2.24, 2.45) is 0 Å². The minimum absolute atomic E-state index is 0.0107. The first-order chi connectivity index (χ1) is 17.9. The summed E-state index contributed by atoms with van der Waals surface area (Å²) in [6, 6.07) is 14.4. The zero-order chi connectivity index (χ0) is 25.9. The molecule has 5 rings (SSSR count). The van der Waals surface area contributed by atoms with Crippen molar-refractivity contribution in [3.05, 3.63) is 71.5 Å². The molecule has 11 heteroatoms. The van der Waals surface area contributed by atoms with Gasteiger partial charge in [-0.05, 0) is 48.8 Å². The fraction of sp³-hybridized carbons (Fsp3) is 0.231. The van der Waals surface area contributed by atoms with E-state index in [-0.39, 0.29) is 17.7 Å². The number of amides is 3. The van der Waals surface area contributed by atoms with Gasteiger partial charge in [0.1, 0.15) is 10.8 Å². The summed E-state index contributed by atoms with van der Waals surface area (Å²) in [5.41, 5.74) is 3.47. The van der Waals surface area contributed by atoms with E-state index in [9.17, 15) is 14.4 Å². The highest BCUT2D eigenvalue weighted by molar-refractivity contribution is 7.10. The highest BCUT2D eigenvalue weighted by Crippen LogP contribution is 2.29. The summed E-state index contributed by atoms with van der Waals surface area (Å²) in [6.45, 7) is 5.27. The van der Waals surface area contributed by atoms with Crippen LogP contribution in [0.3, 0.4) is 0 Å². The average Bonchev–Trinajstić information content (AvgIpc) is 3.28. The molecule has 1 aliphatic rings. The zero-order valence-electron chi connectivity index (χ0n) is 20.4. The Hall–Kier alpha value is -4.38. The topological polar surface area (TPSA) is 120 Å². The van der Waals surface area contributed by atoms with Crippen molar-refractivity contribution < 1.29 is 14.4 Å². The lowest BCUT2D eigenvalue weighted by Gasteiger charge is -2.34. The Kier molecular flexibility index (Phi) is 6.78. The van der Waals surface area contributed by atoms with Crippen molar-refractivity contribution in [3.63, 3.8) is 0 Å². The molecule has 0 saturated carbocycles. The molecule has 0 atom stereocenters. The van der Waals surface area contributed by atoms with Gasteiger partial charge in [-0.25, -0.2) is 4.98 Å². The highest BCUT2D eigenvalue weighted by atomic mass is 32.1. The van der Waals surface area contributed by atoms with Gasteiger partial charge in [0.15, 0.2) is 0 Å². The molecule has 0 aliphatic carbocycles. The number of anilines is 3. The smallest absolute Gasteiger partial charge is 0.260 e. The molecule has 2 N–H and O–H groups in total. The predicted molar refractivity (Wildman–Crippen MR) is 142 cm³/mol. The number of benzene rings is 2. The molecule has 1 saturated heterocycles. The molecule has 188 valence electrons. The molecular formula is C26H25N7O3S. The van der Waals surface area contributed by atoms with Crippen LogP contribution in [0.4, 0.5) is 16.5 Å². The number of hydrogen-bond acceptors (Lipinski definition) is 8. The van der Waals surface area contributed by atoms with Gasteiger partial charge in [0.25, 0.3) is 11.8 Å². The summed E-state index contributed by atoms with van der Waals surface area (Å²) in [5.74, 6) is 0.0393. The summed E-state index contributed by atoms with van der Waals surface area (Å²) in [5, 5.41) is 6.61. The summed E-state index contributed by atoms with van der Waals surface area (Å²) < 4.78 is 4.34. The average molecular weight is 516 g/mol. The third kappa shape index (κ3) is 5.26. The van der Waals surface area contributed by atoms with Crippen LogP contribution in [0.15, 0.2) is 54.7 Å². The van der Waals surface area contributed by atoms with Crippen molar-refractivity contribution in [1.82, 2.24) is 24.1 Å². The first-order valence-corrected chi connectivity index (χ1v) is 12.6. The number of para-hydroxylation sites is 2. The number of hydrogen-bond donors (Lipinski definition) is 2. The summed E-state index contributed by atoms with van der Waals surface area (Å²) in [7, 11) is 0. The summed E-state index contributed by atoms with van der Waals surface area (Å²) >= 11 is 1.17. The third-order valence-electron chi connectivity index (χ3n) is 6.16. The van der Waals surface area contributed by atoms with Crippen molar-refractivity contribution in [1.29, 1.82) is 0 Å². The maximum absolute atomic E-state index is 13.2. The van der Waals surface area contributed by atoms with Crippen molar-refractivity contribution in [2.75, 3.05) is 36.8 Å². The Morgan fingerprint density at radius 1 is 0.946 bits per heavy atom. The molecule has 0 bridgehead atoms. The van der Waals surface area contributed by atoms with Gasteiger partial charge < -0.3 is 20.4 Å². The van der Waals surface area contributed by atoms with Crippen LogP contribution in [0.1, 0.15) is 33.3 Å². The molecule has 0 unspecified atom stereocenters. The Morgan fingerprint density at radius 3 is 2.43 bits per heavy atom. The predicted octanol–water partition coefficient (Wildman–Crippen LogP) is 3.69. The van der Waals surface area contributed by atoms with Crippen LogP contribution in [0.2, 0.25) is 0 Å². The van der Waals surface area contributed by atoms with E-state index in [0.29, 0.717) is 59.5 Å². The number of carbonyl (C=O) groups excluding carboxylic acids is 3. The molecule has 10 nitrogen and oxygen atoms in total. The van der Waals surface area contributed by atoms with E-state index < -0.39 is 0 Å². The lowest BCUT2D eigenvalue weighted by atomic mass is 10.1. The van der Waals surface area contributed by atoms with Gasteiger partial charge in [0.05, 0.1) is 28.5 Å². The van der Waals surface area contributed by atoms with E-state index in [1.807, 2.05) is 24.3 Å². The lowest BCUT2D eigenvalue weighted by molar-refractivity contribution is -0.130. The molecule has 3 heterocycles. The number of aryl methyl sites for hydroxylation is 1. The van der Waals surface area contributed by atoms with E-state index in [0.717, 1.165) is 11.0 Å². The number of aromatic nitrogens is 3. The van der Waals surface area contributed by atoms with E-state index in [1.54, 1.807) is 47.2 Å². The molecule has 37 heavy (non-hydrogen) atoms. The number of nitrogens with one attached hydrogen (secondary N) is 2. The molecular weight excluding hydrogens is 490 g/mol. The summed E-state index contributed by atoms with van der Waals surface area (Å²) in [4.78, 5) is 50.3. The highest BCUT2D eigenvalue weighted by Gasteiger charge is 2.24. The second-order valence-electron chi connectivity index (χ2n) is 8.67. The van der Waals surface area contributed by atoms with E-state index in [2.05, 4.69) is 25.0 Å². The molecule has 0 radical (unpaired) electrons. The number of rotatable bonds is 5. The zero-order valence-corrected chi connectivity index (χ0v) is 21.2. The van der Waals surface area contributed by atoms with Gasteiger partial charge in [0, 0.05) is 44.4 Å². The van der Waals surface area contributed by atoms with Crippen LogP contribution in [0.25, 0.3) is 11.0 Å². The van der Waals surface area contributed by atoms with Crippen LogP contribution >= 0.6 is 11.5 Å². The molecule has 1 fully saturated rings. The van der Waals surface area contributed by atoms with Crippen LogP contribution < -0.4 is 10.6 Å². The molecule has 2 aromatic carbocycles. The van der Waals surface area contributed by atoms with Gasteiger partial charge >= 0.3 is 0 Å². The molecule has 2 aromatic heterocycles. The SMILES string of the molecule is CC(=O)N1CCN(C(=O)c2cccc(NC(=O)c3c(C)nsc3Nc3cnc4ccccc4n3)c2)CC1. The van der Waals surface area contributed by atoms with Crippen LogP contribution in [0, 0.1) is 6.92 Å². The largest absolute Gasteiger partial charge is 0.339 e. The standard InChI is InChI=1S/C26H25N7O3S/c1-16-23(25(37-31-16)30-22-15-27-20-8-3-4-9-21(20)29-22)24(35)28-19-7-5-6-18(14-19)26(36)33-12-10-32(11-13-33)17(2)34/h3-9,14-15H,10-13H2,1-2H3,(H,28,35)(H,29,30). The third-order valence-corrected chi connectivity index (χ3v) is 7.01. The Balaban J connectivity index is 1.30. The monoisotopic (exact) mass is 515 g/mol. The van der Waals surface area contributed by atoms with Gasteiger partial charge in [0.2, 0.25) is 5.91 Å². The van der Waals surface area contributed by atoms with Crippen molar-refractivity contribution in [2.45, 2.75) is 13.8 Å². The fourth-order valence-electron chi connectivity index (χ4n) is 4.19. The Labute approximate surface area is 217 Å². The maximum Gasteiger partial charge on any atom is 0.260 e. The minimum atomic E-state index is -0.345. The second-order valence-corrected chi connectivity index (χ2v) is 9.45. The van der Waals surface area contributed by atoms with Gasteiger partial charge in [-0.2, -0.15) is 4.37 Å². The minimum Gasteiger partial charge on any atom is -0.339 e. The molecule has 4 aromatic rings. The first-order valence-electron chi connectivity index (χ1n) is 11.8. The fourth-order valence-corrected chi connectivity index (χ4v) is 4.99. The van der Waals surface area contributed by atoms with Crippen LogP contribution in [-0.2, 0) is 4.79 Å². The van der Waals surface area contributed by atoms with Crippen LogP contribution in [-0.4, -0.2) is 68.0 Å². The lowest BCUT2D eigenvalue weighted by Crippen LogP contribution is -2.50. The Morgan fingerprint density at radius 2 is 1.68 bits per heavy atom. The van der Waals surface area contributed by atoms with E-state index in [1.165, 1.54) is 18.5 Å². The number of fused-ring (bicyclic) bond motifs is 1. The number of carbonyl (C=O) groups is 3. The summed E-state index contributed by atoms with van der Waals surface area (Å²) in [6.07, 6.45) is 1.62. The first kappa shape index (κ1) is 24.3. The van der Waals surface area contributed by atoms with Crippen LogP contribution in [0.5, 0.6) is 0 Å². The van der Waals surface area contributed by atoms with Crippen molar-refractivity contribution >= 4 is 56.8 Å². The number of nitrogens with zero attached hydrogens (tertiary/aromatic N) is 5. The Bertz CT molecular complexity index is 1490. The quantitative estimate of drug-likeness (QED) is 0.416. The maximum atomic E-state index is 13.2. The number of piperazine rings is 1. The van der Waals surface area contributed by atoms with Gasteiger partial charge in [-0.3, -0.25) is 19.4 Å².